The van der Waals surface area contributed by atoms with Crippen LogP contribution in [0.5, 0.6) is 0 Å². The summed E-state index contributed by atoms with van der Waals surface area (Å²) in [7, 11) is 0. The molecule has 2 aliphatic rings. The van der Waals surface area contributed by atoms with Crippen molar-refractivity contribution in [2.75, 3.05) is 5.32 Å². The van der Waals surface area contributed by atoms with Gasteiger partial charge in [-0.1, -0.05) is 41.5 Å². The molecule has 3 heteroatoms. The second-order valence-electron chi connectivity index (χ2n) is 7.07. The van der Waals surface area contributed by atoms with Crippen molar-refractivity contribution in [3.8, 4) is 6.57 Å². The molecule has 0 saturated heterocycles. The van der Waals surface area contributed by atoms with Crippen molar-refractivity contribution in [2.24, 2.45) is 0 Å². The van der Waals surface area contributed by atoms with E-state index in [4.69, 9.17) is 5.26 Å². The zero-order valence-electron chi connectivity index (χ0n) is 16.1. The van der Waals surface area contributed by atoms with Gasteiger partial charge >= 0.3 is 0 Å². The fourth-order valence-corrected chi connectivity index (χ4v) is 3.95. The summed E-state index contributed by atoms with van der Waals surface area (Å²) >= 11 is 0. The fraction of sp³-hybridized carbons (Fsp3) is 0.391. The third kappa shape index (κ3) is 4.73. The van der Waals surface area contributed by atoms with Gasteiger partial charge in [0, 0.05) is 22.0 Å². The molecule has 1 amide bonds. The molecule has 2 aliphatic carbocycles. The van der Waals surface area contributed by atoms with Crippen LogP contribution in [0.2, 0.25) is 0 Å². The molecule has 0 bridgehead atoms. The summed E-state index contributed by atoms with van der Waals surface area (Å²) in [6, 6.07) is 10.8. The molecule has 0 fully saturated rings. The fourth-order valence-electron chi connectivity index (χ4n) is 3.95. The first-order chi connectivity index (χ1) is 12.5. The van der Waals surface area contributed by atoms with Gasteiger partial charge in [0.1, 0.15) is 0 Å². The zero-order valence-corrected chi connectivity index (χ0v) is 16.1. The first-order valence-corrected chi connectivity index (χ1v) is 9.28. The molecule has 2 aromatic rings. The Morgan fingerprint density at radius 2 is 1.46 bits per heavy atom. The highest BCUT2D eigenvalue weighted by molar-refractivity contribution is 5.91. The van der Waals surface area contributed by atoms with E-state index in [-0.39, 0.29) is 8.76 Å². The minimum atomic E-state index is 0. The predicted octanol–water partition coefficient (Wildman–Crippen LogP) is 5.56. The quantitative estimate of drug-likeness (QED) is 0.730. The van der Waals surface area contributed by atoms with Gasteiger partial charge in [0.05, 0.1) is 0 Å². The lowest BCUT2D eigenvalue weighted by atomic mass is 9.99. The predicted molar refractivity (Wildman–Crippen MR) is 112 cm³/mol. The van der Waals surface area contributed by atoms with Crippen LogP contribution in [0.1, 0.15) is 56.0 Å². The van der Waals surface area contributed by atoms with E-state index in [1.165, 1.54) is 59.1 Å². The highest BCUT2D eigenvalue weighted by Gasteiger charge is 2.24. The van der Waals surface area contributed by atoms with Crippen molar-refractivity contribution >= 4 is 11.6 Å². The molecule has 1 N–H and O–H groups in total. The average molecular weight is 353 g/mol. The molecule has 140 valence electrons. The molecule has 3 nitrogen and oxygen atoms in total. The number of anilines is 1. The number of nitrogens with one attached hydrogen (secondary N) is 1. The Kier molecular flexibility index (Phi) is 6.97. The van der Waals surface area contributed by atoms with Gasteiger partial charge in [0.2, 0.25) is 5.91 Å². The molecule has 0 aliphatic heterocycles. The maximum absolute atomic E-state index is 11.3. The molecule has 4 rings (SSSR count). The summed E-state index contributed by atoms with van der Waals surface area (Å²) in [5.41, 5.74) is 9.62. The highest BCUT2D eigenvalue weighted by Crippen LogP contribution is 2.38. The van der Waals surface area contributed by atoms with Crippen LogP contribution in [0, 0.1) is 25.7 Å². The normalized spacial score (nSPS) is 13.4. The number of benzene rings is 2. The van der Waals surface area contributed by atoms with E-state index in [0.717, 1.165) is 18.5 Å². The Morgan fingerprint density at radius 1 is 0.962 bits per heavy atom. The van der Waals surface area contributed by atoms with Crippen molar-refractivity contribution in [2.45, 2.75) is 59.3 Å². The number of carbonyl (C=O) groups excluding carboxylic acids is 1. The lowest BCUT2D eigenvalue weighted by Crippen LogP contribution is -2.11. The summed E-state index contributed by atoms with van der Waals surface area (Å²) in [4.78, 5) is 11.3. The van der Waals surface area contributed by atoms with Gasteiger partial charge in [-0.15, -0.1) is 0 Å². The van der Waals surface area contributed by atoms with Gasteiger partial charge in [0.25, 0.3) is 0 Å². The van der Waals surface area contributed by atoms with E-state index in [9.17, 15) is 4.79 Å². The van der Waals surface area contributed by atoms with Gasteiger partial charge in [-0.3, -0.25) is 4.79 Å². The van der Waals surface area contributed by atoms with Crippen LogP contribution in [0.25, 0.3) is 0 Å². The maximum atomic E-state index is 11.3. The molecule has 2 aromatic carbocycles. The van der Waals surface area contributed by atoms with Crippen LogP contribution < -0.4 is 5.32 Å². The van der Waals surface area contributed by atoms with Crippen LogP contribution in [0.4, 0.5) is 5.69 Å². The lowest BCUT2D eigenvalue weighted by Gasteiger charge is -2.14. The lowest BCUT2D eigenvalue weighted by molar-refractivity contribution is -0.114. The summed E-state index contributed by atoms with van der Waals surface area (Å²) in [5, 5.41) is 9.57. The number of rotatable bonds is 1. The van der Waals surface area contributed by atoms with Crippen molar-refractivity contribution in [3.63, 3.8) is 0 Å². The number of amides is 1. The van der Waals surface area contributed by atoms with E-state index in [1.807, 2.05) is 0 Å². The first kappa shape index (κ1) is 19.7. The van der Waals surface area contributed by atoms with Crippen molar-refractivity contribution in [1.82, 2.24) is 0 Å². The smallest absolute Gasteiger partial charge is 0.221 e. The number of aryl methyl sites for hydroxylation is 4. The van der Waals surface area contributed by atoms with Crippen molar-refractivity contribution in [1.29, 1.82) is 5.26 Å². The maximum Gasteiger partial charge on any atom is 0.221 e. The molecule has 0 heterocycles. The molecular formula is C23H32N2O. The van der Waals surface area contributed by atoms with Gasteiger partial charge in [-0.25, -0.2) is 5.26 Å². The topological polar surface area (TPSA) is 52.9 Å². The van der Waals surface area contributed by atoms with E-state index >= 15 is 0 Å². The minimum Gasteiger partial charge on any atom is -0.326 e. The number of nitriles is 1. The number of hydrogen-bond donors (Lipinski definition) is 1. The van der Waals surface area contributed by atoms with Gasteiger partial charge in [-0.05, 0) is 74.6 Å². The Balaban J connectivity index is 0.000000523. The Hall–Kier alpha value is -2.60. The summed E-state index contributed by atoms with van der Waals surface area (Å²) in [5.74, 6) is 0.0643. The molecule has 0 spiro atoms. The third-order valence-corrected chi connectivity index (χ3v) is 4.95. The summed E-state index contributed by atoms with van der Waals surface area (Å²) in [6.07, 6.45) is 7.14. The summed E-state index contributed by atoms with van der Waals surface area (Å²) < 4.78 is 0. The van der Waals surface area contributed by atoms with E-state index in [2.05, 4.69) is 56.1 Å². The molecule has 0 aromatic heterocycles. The van der Waals surface area contributed by atoms with Crippen molar-refractivity contribution < 1.29 is 7.65 Å². The van der Waals surface area contributed by atoms with Crippen LogP contribution >= 0.6 is 0 Å². The van der Waals surface area contributed by atoms with Crippen molar-refractivity contribution in [3.05, 3.63) is 63.7 Å². The number of nitrogens with zero attached hydrogens (tertiary/aromatic N) is 1. The Morgan fingerprint density at radius 3 is 1.85 bits per heavy atom. The SMILES string of the molecule is C#N.CC(=O)Nc1c2c(cc3c1CCC3)CCC2.Cc1cccc(C)c1.[HH].[HH]. The molecule has 26 heavy (non-hydrogen) atoms. The van der Waals surface area contributed by atoms with Gasteiger partial charge in [-0.2, -0.15) is 0 Å². The molecule has 0 radical (unpaired) electrons. The molecule has 0 unspecified atom stereocenters. The molecule has 0 saturated carbocycles. The largest absolute Gasteiger partial charge is 0.326 e. The average Bonchev–Trinajstić information content (AvgIpc) is 3.25. The third-order valence-electron chi connectivity index (χ3n) is 4.95. The van der Waals surface area contributed by atoms with E-state index < -0.39 is 0 Å². The number of fused-ring (bicyclic) bond motifs is 2. The van der Waals surface area contributed by atoms with Gasteiger partial charge in [0.15, 0.2) is 0 Å². The standard InChI is InChI=1S/C14H17NO.C8H10.CHN.2H2/c1-9(16)15-14-12-6-2-4-10(12)8-11-5-3-7-13(11)14;1-7-4-3-5-8(2)6-7;1-2;;/h8H,2-7H2,1H3,(H,15,16);3-6H,1-2H3;1H;2*1H. The van der Waals surface area contributed by atoms with Crippen LogP contribution in [-0.2, 0) is 30.5 Å². The monoisotopic (exact) mass is 352 g/mol. The zero-order chi connectivity index (χ0) is 19.1. The second kappa shape index (κ2) is 9.20. The van der Waals surface area contributed by atoms with Crippen LogP contribution in [-0.4, -0.2) is 5.91 Å². The first-order valence-electron chi connectivity index (χ1n) is 9.28. The summed E-state index contributed by atoms with van der Waals surface area (Å²) in [6.45, 7) is 9.32. The molecule has 0 atom stereocenters. The van der Waals surface area contributed by atoms with Crippen LogP contribution in [0.15, 0.2) is 30.3 Å². The molecular weight excluding hydrogens is 320 g/mol. The van der Waals surface area contributed by atoms with E-state index in [1.54, 1.807) is 6.92 Å². The van der Waals surface area contributed by atoms with Crippen LogP contribution in [0.3, 0.4) is 0 Å². The number of carbonyl (C=O) groups is 1. The Labute approximate surface area is 160 Å². The second-order valence-corrected chi connectivity index (χ2v) is 7.07. The minimum absolute atomic E-state index is 0. The Bertz CT molecular complexity index is 766. The van der Waals surface area contributed by atoms with Gasteiger partial charge < -0.3 is 5.32 Å². The highest BCUT2D eigenvalue weighted by atomic mass is 16.1. The van der Waals surface area contributed by atoms with E-state index in [0.29, 0.717) is 0 Å². The number of hydrogen-bond acceptors (Lipinski definition) is 2.